The third-order valence-corrected chi connectivity index (χ3v) is 7.90. The second-order valence-electron chi connectivity index (χ2n) is 8.50. The zero-order valence-corrected chi connectivity index (χ0v) is 20.5. The van der Waals surface area contributed by atoms with E-state index in [0.29, 0.717) is 18.7 Å². The quantitative estimate of drug-likeness (QED) is 0.533. The number of hydrogen-bond acceptors (Lipinski definition) is 6. The van der Waals surface area contributed by atoms with E-state index in [9.17, 15) is 22.7 Å². The molecule has 0 spiro atoms. The molecule has 2 heterocycles. The van der Waals surface area contributed by atoms with Crippen LogP contribution in [0.2, 0.25) is 0 Å². The summed E-state index contributed by atoms with van der Waals surface area (Å²) in [4.78, 5) is 14.1. The normalized spacial score (nSPS) is 19.4. The van der Waals surface area contributed by atoms with E-state index < -0.39 is 21.8 Å². The SMILES string of the molecule is CCN(CC)CC=Cc1cc(F)ccc1S(=O)(=O)Nc1ccc2c(c1C(=O)O)OC[C@@H]1OCC[C@H]21. The third kappa shape index (κ3) is 5.19. The fraction of sp³-hybridized carbons (Fsp3) is 0.400. The van der Waals surface area contributed by atoms with Crippen LogP contribution in [-0.2, 0) is 14.8 Å². The number of carbonyl (C=O) groups is 1. The van der Waals surface area contributed by atoms with Crippen LogP contribution < -0.4 is 9.46 Å². The van der Waals surface area contributed by atoms with Gasteiger partial charge in [-0.15, -0.1) is 0 Å². The van der Waals surface area contributed by atoms with E-state index in [2.05, 4.69) is 9.62 Å². The summed E-state index contributed by atoms with van der Waals surface area (Å²) in [6.45, 7) is 7.01. The molecule has 2 N–H and O–H groups in total. The van der Waals surface area contributed by atoms with Crippen molar-refractivity contribution in [2.75, 3.05) is 37.6 Å². The highest BCUT2D eigenvalue weighted by Crippen LogP contribution is 2.44. The van der Waals surface area contributed by atoms with Crippen molar-refractivity contribution in [1.29, 1.82) is 0 Å². The molecule has 0 unspecified atom stereocenters. The Morgan fingerprint density at radius 1 is 1.26 bits per heavy atom. The number of sulfonamides is 1. The van der Waals surface area contributed by atoms with Gasteiger partial charge in [0.15, 0.2) is 0 Å². The van der Waals surface area contributed by atoms with Crippen molar-refractivity contribution in [3.8, 4) is 5.75 Å². The zero-order chi connectivity index (χ0) is 25.2. The number of hydrogen-bond donors (Lipinski definition) is 2. The molecule has 35 heavy (non-hydrogen) atoms. The van der Waals surface area contributed by atoms with Gasteiger partial charge in [-0.2, -0.15) is 0 Å². The first-order chi connectivity index (χ1) is 16.7. The first kappa shape index (κ1) is 25.2. The van der Waals surface area contributed by atoms with Gasteiger partial charge in [0.2, 0.25) is 0 Å². The Bertz CT molecular complexity index is 1240. The largest absolute Gasteiger partial charge is 0.490 e. The summed E-state index contributed by atoms with van der Waals surface area (Å²) < 4.78 is 54.4. The number of halogens is 1. The minimum atomic E-state index is -4.25. The van der Waals surface area contributed by atoms with Gasteiger partial charge >= 0.3 is 5.97 Å². The Balaban J connectivity index is 1.68. The Labute approximate surface area is 204 Å². The van der Waals surface area contributed by atoms with Crippen LogP contribution in [0.15, 0.2) is 41.3 Å². The summed E-state index contributed by atoms with van der Waals surface area (Å²) in [5.74, 6) is -1.73. The predicted octanol–water partition coefficient (Wildman–Crippen LogP) is 3.94. The lowest BCUT2D eigenvalue weighted by atomic mass is 9.88. The van der Waals surface area contributed by atoms with Gasteiger partial charge < -0.3 is 19.5 Å². The molecule has 2 aromatic carbocycles. The molecule has 0 aliphatic carbocycles. The number of carboxylic acids is 1. The number of anilines is 1. The smallest absolute Gasteiger partial charge is 0.341 e. The highest BCUT2D eigenvalue weighted by atomic mass is 32.2. The molecule has 10 heteroatoms. The lowest BCUT2D eigenvalue weighted by molar-refractivity contribution is 0.0484. The molecule has 188 valence electrons. The number of ether oxygens (including phenoxy) is 2. The highest BCUT2D eigenvalue weighted by Gasteiger charge is 2.38. The molecule has 2 aliphatic heterocycles. The van der Waals surface area contributed by atoms with Crippen LogP contribution in [-0.4, -0.2) is 63.3 Å². The number of nitrogens with one attached hydrogen (secondary N) is 1. The van der Waals surface area contributed by atoms with Crippen LogP contribution >= 0.6 is 0 Å². The van der Waals surface area contributed by atoms with E-state index in [-0.39, 0.29) is 46.1 Å². The number of carboxylic acid groups (broad SMARTS) is 1. The van der Waals surface area contributed by atoms with Crippen molar-refractivity contribution < 1.29 is 32.2 Å². The molecule has 0 radical (unpaired) electrons. The molecule has 0 bridgehead atoms. The molecule has 4 rings (SSSR count). The molecule has 1 fully saturated rings. The van der Waals surface area contributed by atoms with E-state index in [4.69, 9.17) is 9.47 Å². The minimum absolute atomic E-state index is 0.00199. The number of nitrogens with zero attached hydrogens (tertiary/aromatic N) is 1. The van der Waals surface area contributed by atoms with Gasteiger partial charge in [0.05, 0.1) is 16.7 Å². The molecule has 8 nitrogen and oxygen atoms in total. The molecule has 2 aromatic rings. The Morgan fingerprint density at radius 2 is 2.03 bits per heavy atom. The molecule has 2 atom stereocenters. The molecule has 1 saturated heterocycles. The Hall–Kier alpha value is -2.95. The minimum Gasteiger partial charge on any atom is -0.490 e. The van der Waals surface area contributed by atoms with Gasteiger partial charge in [-0.3, -0.25) is 4.72 Å². The van der Waals surface area contributed by atoms with Gasteiger partial charge in [-0.05, 0) is 49.3 Å². The van der Waals surface area contributed by atoms with E-state index in [1.807, 2.05) is 13.8 Å². The zero-order valence-electron chi connectivity index (χ0n) is 19.7. The van der Waals surface area contributed by atoms with Crippen molar-refractivity contribution in [3.05, 3.63) is 58.9 Å². The standard InChI is InChI=1S/C25H29FN2O6S/c1-3-28(4-2)12-5-6-16-14-17(26)7-10-22(16)35(31,32)27-20-9-8-19-18-11-13-33-21(18)15-34-24(19)23(20)25(29)30/h5-10,14,18,21,27H,3-4,11-13,15H2,1-2H3,(H,29,30)/t18-,21+/m1/s1. The second kappa shape index (κ2) is 10.3. The number of likely N-dealkylation sites (N-methyl/N-ethyl adjacent to an activating group) is 1. The van der Waals surface area contributed by atoms with Crippen LogP contribution in [0.1, 0.15) is 47.7 Å². The highest BCUT2D eigenvalue weighted by molar-refractivity contribution is 7.92. The number of benzene rings is 2. The maximum atomic E-state index is 14.0. The Morgan fingerprint density at radius 3 is 2.74 bits per heavy atom. The molecular weight excluding hydrogens is 475 g/mol. The summed E-state index contributed by atoms with van der Waals surface area (Å²) in [5.41, 5.74) is 0.496. The first-order valence-electron chi connectivity index (χ1n) is 11.6. The van der Waals surface area contributed by atoms with Crippen LogP contribution in [0, 0.1) is 5.82 Å². The fourth-order valence-electron chi connectivity index (χ4n) is 4.58. The topological polar surface area (TPSA) is 105 Å². The molecule has 0 amide bonds. The van der Waals surface area contributed by atoms with Gasteiger partial charge in [0.1, 0.15) is 23.7 Å². The summed E-state index contributed by atoms with van der Waals surface area (Å²) in [6.07, 6.45) is 3.93. The van der Waals surface area contributed by atoms with Crippen LogP contribution in [0.25, 0.3) is 6.08 Å². The monoisotopic (exact) mass is 504 g/mol. The van der Waals surface area contributed by atoms with Gasteiger partial charge in [0, 0.05) is 24.6 Å². The maximum Gasteiger partial charge on any atom is 0.341 e. The third-order valence-electron chi connectivity index (χ3n) is 6.46. The van der Waals surface area contributed by atoms with E-state index >= 15 is 0 Å². The lowest BCUT2D eigenvalue weighted by Crippen LogP contribution is -2.29. The van der Waals surface area contributed by atoms with Gasteiger partial charge in [-0.1, -0.05) is 32.1 Å². The second-order valence-corrected chi connectivity index (χ2v) is 10.2. The van der Waals surface area contributed by atoms with Gasteiger partial charge in [-0.25, -0.2) is 17.6 Å². The molecule has 2 aliphatic rings. The van der Waals surface area contributed by atoms with Crippen molar-refractivity contribution in [2.24, 2.45) is 0 Å². The number of fused-ring (bicyclic) bond motifs is 3. The van der Waals surface area contributed by atoms with Crippen molar-refractivity contribution >= 4 is 27.8 Å². The lowest BCUT2D eigenvalue weighted by Gasteiger charge is -2.29. The van der Waals surface area contributed by atoms with Gasteiger partial charge in [0.25, 0.3) is 10.0 Å². The number of aromatic carboxylic acids is 1. The van der Waals surface area contributed by atoms with Crippen LogP contribution in [0.3, 0.4) is 0 Å². The predicted molar refractivity (Wildman–Crippen MR) is 130 cm³/mol. The van der Waals surface area contributed by atoms with Crippen LogP contribution in [0.4, 0.5) is 10.1 Å². The maximum absolute atomic E-state index is 14.0. The van der Waals surface area contributed by atoms with Crippen molar-refractivity contribution in [3.63, 3.8) is 0 Å². The Kier molecular flexibility index (Phi) is 7.44. The number of rotatable bonds is 9. The summed E-state index contributed by atoms with van der Waals surface area (Å²) in [5, 5.41) is 9.92. The van der Waals surface area contributed by atoms with Crippen molar-refractivity contribution in [1.82, 2.24) is 4.90 Å². The molecular formula is C25H29FN2O6S. The fourth-order valence-corrected chi connectivity index (χ4v) is 5.84. The summed E-state index contributed by atoms with van der Waals surface area (Å²) in [7, 11) is -4.25. The van der Waals surface area contributed by atoms with E-state index in [1.54, 1.807) is 18.2 Å². The van der Waals surface area contributed by atoms with Crippen LogP contribution in [0.5, 0.6) is 5.75 Å². The summed E-state index contributed by atoms with van der Waals surface area (Å²) >= 11 is 0. The average Bonchev–Trinajstić information content (AvgIpc) is 3.30. The van der Waals surface area contributed by atoms with Crippen molar-refractivity contribution in [2.45, 2.75) is 37.2 Å². The molecule has 0 aromatic heterocycles. The first-order valence-corrected chi connectivity index (χ1v) is 13.1. The summed E-state index contributed by atoms with van der Waals surface area (Å²) in [6, 6.07) is 6.49. The molecule has 0 saturated carbocycles. The average molecular weight is 505 g/mol. The van der Waals surface area contributed by atoms with E-state index in [0.717, 1.165) is 31.6 Å². The van der Waals surface area contributed by atoms with E-state index in [1.165, 1.54) is 12.1 Å².